The number of rotatable bonds is 9. The van der Waals surface area contributed by atoms with E-state index in [0.717, 1.165) is 25.7 Å². The molecule has 1 saturated carbocycles. The lowest BCUT2D eigenvalue weighted by Gasteiger charge is -2.30. The van der Waals surface area contributed by atoms with Crippen LogP contribution < -0.4 is 10.6 Å². The fourth-order valence-corrected chi connectivity index (χ4v) is 2.90. The Kier molecular flexibility index (Phi) is 7.22. The summed E-state index contributed by atoms with van der Waals surface area (Å²) in [6, 6.07) is 0. The molecule has 0 spiro atoms. The van der Waals surface area contributed by atoms with Crippen molar-refractivity contribution in [2.45, 2.75) is 63.5 Å². The van der Waals surface area contributed by atoms with Gasteiger partial charge in [-0.25, -0.2) is 0 Å². The molecule has 0 aromatic carbocycles. The second-order valence-electron chi connectivity index (χ2n) is 7.15. The SMILES string of the molecule is C=CC[C@H](CC(=O)NC1(CO)CCCC1)C(=O)NC(C)(C)CO. The molecule has 132 valence electrons. The third-order valence-corrected chi connectivity index (χ3v) is 4.38. The highest BCUT2D eigenvalue weighted by molar-refractivity contribution is 5.86. The van der Waals surface area contributed by atoms with E-state index >= 15 is 0 Å². The number of hydrogen-bond donors (Lipinski definition) is 4. The van der Waals surface area contributed by atoms with Crippen molar-refractivity contribution in [1.82, 2.24) is 10.6 Å². The molecule has 1 aliphatic rings. The van der Waals surface area contributed by atoms with Crippen LogP contribution in [0.25, 0.3) is 0 Å². The standard InChI is InChI=1S/C17H30N2O4/c1-4-7-13(15(23)19-16(2,3)11-20)10-14(22)18-17(12-21)8-5-6-9-17/h4,13,20-21H,1,5-12H2,2-3H3,(H,18,22)(H,19,23)/t13-/m1/s1. The molecule has 4 N–H and O–H groups in total. The van der Waals surface area contributed by atoms with Crippen molar-refractivity contribution in [2.24, 2.45) is 5.92 Å². The minimum Gasteiger partial charge on any atom is -0.394 e. The van der Waals surface area contributed by atoms with E-state index < -0.39 is 17.0 Å². The summed E-state index contributed by atoms with van der Waals surface area (Å²) in [5.41, 5.74) is -1.26. The molecule has 0 bridgehead atoms. The summed E-state index contributed by atoms with van der Waals surface area (Å²) in [7, 11) is 0. The molecule has 6 heteroatoms. The number of carbonyl (C=O) groups is 2. The van der Waals surface area contributed by atoms with Crippen LogP contribution in [0.1, 0.15) is 52.4 Å². The normalized spacial score (nSPS) is 18.3. The Morgan fingerprint density at radius 2 is 1.91 bits per heavy atom. The fraction of sp³-hybridized carbons (Fsp3) is 0.765. The number of nitrogens with one attached hydrogen (secondary N) is 2. The largest absolute Gasteiger partial charge is 0.394 e. The molecule has 1 rings (SSSR count). The average Bonchev–Trinajstić information content (AvgIpc) is 2.95. The number of amides is 2. The third kappa shape index (κ3) is 5.95. The van der Waals surface area contributed by atoms with Crippen LogP contribution in [0.15, 0.2) is 12.7 Å². The van der Waals surface area contributed by atoms with E-state index in [2.05, 4.69) is 17.2 Å². The lowest BCUT2D eigenvalue weighted by atomic mass is 9.95. The van der Waals surface area contributed by atoms with E-state index in [9.17, 15) is 19.8 Å². The Morgan fingerprint density at radius 1 is 1.30 bits per heavy atom. The van der Waals surface area contributed by atoms with Gasteiger partial charge < -0.3 is 20.8 Å². The Morgan fingerprint density at radius 3 is 2.39 bits per heavy atom. The highest BCUT2D eigenvalue weighted by atomic mass is 16.3. The predicted octanol–water partition coefficient (Wildman–Crippen LogP) is 0.877. The van der Waals surface area contributed by atoms with Crippen LogP contribution in [0.5, 0.6) is 0 Å². The predicted molar refractivity (Wildman–Crippen MR) is 88.7 cm³/mol. The van der Waals surface area contributed by atoms with Gasteiger partial charge in [0.1, 0.15) is 0 Å². The Hall–Kier alpha value is -1.40. The minimum atomic E-state index is -0.731. The molecule has 0 unspecified atom stereocenters. The zero-order chi connectivity index (χ0) is 17.5. The van der Waals surface area contributed by atoms with E-state index in [1.807, 2.05) is 0 Å². The zero-order valence-corrected chi connectivity index (χ0v) is 14.2. The van der Waals surface area contributed by atoms with Crippen LogP contribution in [-0.2, 0) is 9.59 Å². The summed E-state index contributed by atoms with van der Waals surface area (Å²) in [5.74, 6) is -1.04. The number of aliphatic hydroxyl groups is 2. The zero-order valence-electron chi connectivity index (χ0n) is 14.2. The molecule has 0 heterocycles. The van der Waals surface area contributed by atoms with E-state index in [4.69, 9.17) is 0 Å². The molecule has 1 fully saturated rings. The van der Waals surface area contributed by atoms with Gasteiger partial charge in [-0.2, -0.15) is 0 Å². The van der Waals surface area contributed by atoms with E-state index in [-0.39, 0.29) is 31.4 Å². The van der Waals surface area contributed by atoms with Crippen LogP contribution in [0.2, 0.25) is 0 Å². The van der Waals surface area contributed by atoms with Crippen LogP contribution in [0.4, 0.5) is 0 Å². The first kappa shape index (κ1) is 19.6. The summed E-state index contributed by atoms with van der Waals surface area (Å²) >= 11 is 0. The molecule has 23 heavy (non-hydrogen) atoms. The first-order valence-electron chi connectivity index (χ1n) is 8.23. The van der Waals surface area contributed by atoms with Crippen molar-refractivity contribution < 1.29 is 19.8 Å². The van der Waals surface area contributed by atoms with Gasteiger partial charge in [-0.1, -0.05) is 18.9 Å². The molecule has 0 aromatic heterocycles. The van der Waals surface area contributed by atoms with Gasteiger partial charge >= 0.3 is 0 Å². The van der Waals surface area contributed by atoms with Crippen molar-refractivity contribution in [1.29, 1.82) is 0 Å². The van der Waals surface area contributed by atoms with Crippen molar-refractivity contribution in [3.63, 3.8) is 0 Å². The fourth-order valence-electron chi connectivity index (χ4n) is 2.90. The first-order valence-corrected chi connectivity index (χ1v) is 8.23. The van der Waals surface area contributed by atoms with Gasteiger partial charge in [-0.3, -0.25) is 9.59 Å². The molecule has 1 atom stereocenters. The van der Waals surface area contributed by atoms with Gasteiger partial charge in [0.15, 0.2) is 0 Å². The van der Waals surface area contributed by atoms with Crippen molar-refractivity contribution in [3.05, 3.63) is 12.7 Å². The van der Waals surface area contributed by atoms with Crippen molar-refractivity contribution in [3.8, 4) is 0 Å². The molecular formula is C17H30N2O4. The van der Waals surface area contributed by atoms with Gasteiger partial charge in [0, 0.05) is 6.42 Å². The molecule has 6 nitrogen and oxygen atoms in total. The molecular weight excluding hydrogens is 296 g/mol. The number of hydrogen-bond acceptors (Lipinski definition) is 4. The van der Waals surface area contributed by atoms with Crippen LogP contribution in [0, 0.1) is 5.92 Å². The molecule has 2 amide bonds. The van der Waals surface area contributed by atoms with Crippen LogP contribution in [-0.4, -0.2) is 46.3 Å². The maximum absolute atomic E-state index is 12.3. The highest BCUT2D eigenvalue weighted by Crippen LogP contribution is 2.29. The second-order valence-corrected chi connectivity index (χ2v) is 7.15. The lowest BCUT2D eigenvalue weighted by molar-refractivity contribution is -0.132. The van der Waals surface area contributed by atoms with Gasteiger partial charge in [0.2, 0.25) is 11.8 Å². The average molecular weight is 326 g/mol. The summed E-state index contributed by atoms with van der Waals surface area (Å²) < 4.78 is 0. The summed E-state index contributed by atoms with van der Waals surface area (Å²) in [5, 5.41) is 24.5. The smallest absolute Gasteiger partial charge is 0.224 e. The number of aliphatic hydroxyl groups excluding tert-OH is 2. The molecule has 0 radical (unpaired) electrons. The molecule has 0 saturated heterocycles. The van der Waals surface area contributed by atoms with Gasteiger partial charge in [0.25, 0.3) is 0 Å². The van der Waals surface area contributed by atoms with Crippen LogP contribution >= 0.6 is 0 Å². The Balaban J connectivity index is 2.65. The lowest BCUT2D eigenvalue weighted by Crippen LogP contribution is -2.51. The van der Waals surface area contributed by atoms with Gasteiger partial charge in [0.05, 0.1) is 30.2 Å². The van der Waals surface area contributed by atoms with Crippen molar-refractivity contribution >= 4 is 11.8 Å². The topological polar surface area (TPSA) is 98.7 Å². The van der Waals surface area contributed by atoms with Gasteiger partial charge in [-0.15, -0.1) is 6.58 Å². The molecule has 1 aliphatic carbocycles. The van der Waals surface area contributed by atoms with Crippen molar-refractivity contribution in [2.75, 3.05) is 13.2 Å². The van der Waals surface area contributed by atoms with E-state index in [0.29, 0.717) is 6.42 Å². The van der Waals surface area contributed by atoms with Gasteiger partial charge in [-0.05, 0) is 33.1 Å². The summed E-state index contributed by atoms with van der Waals surface area (Å²) in [6.45, 7) is 6.82. The third-order valence-electron chi connectivity index (χ3n) is 4.38. The quantitative estimate of drug-likeness (QED) is 0.473. The minimum absolute atomic E-state index is 0.0428. The Bertz CT molecular complexity index is 428. The molecule has 0 aliphatic heterocycles. The van der Waals surface area contributed by atoms with E-state index in [1.165, 1.54) is 0 Å². The maximum Gasteiger partial charge on any atom is 0.224 e. The number of allylic oxidation sites excluding steroid dienone is 1. The Labute approximate surface area is 138 Å². The maximum atomic E-state index is 12.3. The summed E-state index contributed by atoms with van der Waals surface area (Å²) in [6.07, 6.45) is 5.55. The first-order chi connectivity index (χ1) is 10.8. The monoisotopic (exact) mass is 326 g/mol. The van der Waals surface area contributed by atoms with E-state index in [1.54, 1.807) is 19.9 Å². The second kappa shape index (κ2) is 8.45. The van der Waals surface area contributed by atoms with Crippen LogP contribution in [0.3, 0.4) is 0 Å². The molecule has 0 aromatic rings. The summed E-state index contributed by atoms with van der Waals surface area (Å²) in [4.78, 5) is 24.6. The number of carbonyl (C=O) groups excluding carboxylic acids is 2. The highest BCUT2D eigenvalue weighted by Gasteiger charge is 2.35.